The predicted molar refractivity (Wildman–Crippen MR) is 93.6 cm³/mol. The Morgan fingerprint density at radius 1 is 1.16 bits per heavy atom. The third-order valence-corrected chi connectivity index (χ3v) is 3.96. The summed E-state index contributed by atoms with van der Waals surface area (Å²) in [6.07, 6.45) is 2.24. The minimum Gasteiger partial charge on any atom is -0.350 e. The van der Waals surface area contributed by atoms with E-state index in [0.717, 1.165) is 18.5 Å². The summed E-state index contributed by atoms with van der Waals surface area (Å²) in [5.41, 5.74) is 1.90. The van der Waals surface area contributed by atoms with Crippen molar-refractivity contribution in [3.8, 4) is 0 Å². The molecule has 0 unspecified atom stereocenters. The van der Waals surface area contributed by atoms with Gasteiger partial charge in [-0.05, 0) is 43.2 Å². The Morgan fingerprint density at radius 3 is 2.52 bits per heavy atom. The van der Waals surface area contributed by atoms with Gasteiger partial charge in [-0.25, -0.2) is 4.68 Å². The van der Waals surface area contributed by atoms with E-state index in [0.29, 0.717) is 30.3 Å². The normalized spacial score (nSPS) is 13.3. The average molecular weight is 340 g/mol. The number of hydrogen-bond acceptors (Lipinski definition) is 4. The molecule has 0 saturated heterocycles. The summed E-state index contributed by atoms with van der Waals surface area (Å²) in [5.74, 6) is 0.0768. The highest BCUT2D eigenvalue weighted by molar-refractivity contribution is 5.95. The molecule has 1 fully saturated rings. The summed E-state index contributed by atoms with van der Waals surface area (Å²) in [5, 5.41) is 9.77. The highest BCUT2D eigenvalue weighted by Crippen LogP contribution is 2.38. The summed E-state index contributed by atoms with van der Waals surface area (Å²) in [7, 11) is 0. The molecule has 2 N–H and O–H groups in total. The second-order valence-electron chi connectivity index (χ2n) is 6.11. The van der Waals surface area contributed by atoms with Gasteiger partial charge >= 0.3 is 0 Å². The summed E-state index contributed by atoms with van der Waals surface area (Å²) < 4.78 is 1.40. The molecule has 25 heavy (non-hydrogen) atoms. The van der Waals surface area contributed by atoms with Crippen LogP contribution in [0.4, 0.5) is 5.69 Å². The van der Waals surface area contributed by atoms with E-state index in [9.17, 15) is 14.4 Å². The zero-order valence-corrected chi connectivity index (χ0v) is 14.0. The Kier molecular flexibility index (Phi) is 4.92. The fourth-order valence-corrected chi connectivity index (χ4v) is 2.51. The second kappa shape index (κ2) is 7.29. The van der Waals surface area contributed by atoms with E-state index < -0.39 is 0 Å². The summed E-state index contributed by atoms with van der Waals surface area (Å²) in [4.78, 5) is 35.0. The van der Waals surface area contributed by atoms with Crippen LogP contribution in [0.1, 0.15) is 41.7 Å². The van der Waals surface area contributed by atoms with Gasteiger partial charge in [0.25, 0.3) is 11.5 Å². The van der Waals surface area contributed by atoms with Gasteiger partial charge < -0.3 is 10.6 Å². The maximum absolute atomic E-state index is 12.1. The lowest BCUT2D eigenvalue weighted by Crippen LogP contribution is -2.32. The molecule has 7 nitrogen and oxygen atoms in total. The molecule has 0 spiro atoms. The topological polar surface area (TPSA) is 93.1 Å². The van der Waals surface area contributed by atoms with Crippen molar-refractivity contribution in [2.75, 3.05) is 11.9 Å². The Labute approximate surface area is 145 Å². The molecular formula is C18H20N4O3. The van der Waals surface area contributed by atoms with Crippen LogP contribution in [0, 0.1) is 0 Å². The summed E-state index contributed by atoms with van der Waals surface area (Å²) in [6, 6.07) is 9.93. The second-order valence-corrected chi connectivity index (χ2v) is 6.11. The van der Waals surface area contributed by atoms with Crippen LogP contribution in [-0.4, -0.2) is 28.1 Å². The van der Waals surface area contributed by atoms with Crippen molar-refractivity contribution in [3.05, 3.63) is 58.0 Å². The van der Waals surface area contributed by atoms with Gasteiger partial charge in [-0.1, -0.05) is 0 Å². The van der Waals surface area contributed by atoms with Gasteiger partial charge in [0.05, 0.1) is 12.2 Å². The van der Waals surface area contributed by atoms with Crippen molar-refractivity contribution < 1.29 is 9.59 Å². The van der Waals surface area contributed by atoms with E-state index in [1.54, 1.807) is 30.3 Å². The third-order valence-electron chi connectivity index (χ3n) is 3.96. The first-order valence-electron chi connectivity index (χ1n) is 8.27. The Balaban J connectivity index is 1.55. The predicted octanol–water partition coefficient (Wildman–Crippen LogP) is 1.51. The Bertz CT molecular complexity index is 838. The number of benzene rings is 1. The summed E-state index contributed by atoms with van der Waals surface area (Å²) in [6.45, 7) is 2.07. The molecule has 1 aromatic heterocycles. The first-order chi connectivity index (χ1) is 12.0. The molecule has 0 bridgehead atoms. The molecule has 2 amide bonds. The maximum Gasteiger partial charge on any atom is 0.266 e. The lowest BCUT2D eigenvalue weighted by Gasteiger charge is -2.09. The van der Waals surface area contributed by atoms with E-state index in [2.05, 4.69) is 15.7 Å². The Morgan fingerprint density at radius 2 is 1.88 bits per heavy atom. The monoisotopic (exact) mass is 340 g/mol. The van der Waals surface area contributed by atoms with E-state index in [4.69, 9.17) is 0 Å². The smallest absolute Gasteiger partial charge is 0.266 e. The zero-order valence-electron chi connectivity index (χ0n) is 14.0. The van der Waals surface area contributed by atoms with Crippen LogP contribution in [0.2, 0.25) is 0 Å². The standard InChI is InChI=1S/C18H20N4O3/c1-12(23)20-15-6-4-14(5-7-15)18(25)19-10-11-22-17(24)9-8-16(21-22)13-2-3-13/h4-9,13H,2-3,10-11H2,1H3,(H,19,25)(H,20,23). The maximum atomic E-state index is 12.1. The van der Waals surface area contributed by atoms with Crippen LogP contribution in [0.15, 0.2) is 41.2 Å². The fourth-order valence-electron chi connectivity index (χ4n) is 2.51. The number of anilines is 1. The van der Waals surface area contributed by atoms with E-state index in [-0.39, 0.29) is 17.4 Å². The van der Waals surface area contributed by atoms with Crippen molar-refractivity contribution in [2.45, 2.75) is 32.2 Å². The first kappa shape index (κ1) is 16.9. The molecule has 1 aliphatic rings. The fraction of sp³-hybridized carbons (Fsp3) is 0.333. The minimum atomic E-state index is -0.235. The molecule has 130 valence electrons. The SMILES string of the molecule is CC(=O)Nc1ccc(C(=O)NCCn2nc(C3CC3)ccc2=O)cc1. The van der Waals surface area contributed by atoms with E-state index in [1.807, 2.05) is 0 Å². The number of nitrogens with one attached hydrogen (secondary N) is 2. The van der Waals surface area contributed by atoms with Crippen molar-refractivity contribution in [1.29, 1.82) is 0 Å². The van der Waals surface area contributed by atoms with Crippen molar-refractivity contribution in [3.63, 3.8) is 0 Å². The lowest BCUT2D eigenvalue weighted by atomic mass is 10.2. The number of amides is 2. The molecule has 1 aromatic carbocycles. The van der Waals surface area contributed by atoms with Gasteiger partial charge in [-0.3, -0.25) is 14.4 Å². The zero-order chi connectivity index (χ0) is 17.8. The van der Waals surface area contributed by atoms with Crippen molar-refractivity contribution >= 4 is 17.5 Å². The van der Waals surface area contributed by atoms with Gasteiger partial charge in [-0.15, -0.1) is 0 Å². The summed E-state index contributed by atoms with van der Waals surface area (Å²) >= 11 is 0. The van der Waals surface area contributed by atoms with Crippen molar-refractivity contribution in [2.24, 2.45) is 0 Å². The molecule has 0 atom stereocenters. The molecule has 1 aliphatic carbocycles. The first-order valence-corrected chi connectivity index (χ1v) is 8.27. The van der Waals surface area contributed by atoms with Gasteiger partial charge in [0.15, 0.2) is 0 Å². The molecule has 7 heteroatoms. The molecule has 0 aliphatic heterocycles. The largest absolute Gasteiger partial charge is 0.350 e. The van der Waals surface area contributed by atoms with Gasteiger partial charge in [0, 0.05) is 36.7 Å². The van der Waals surface area contributed by atoms with Crippen LogP contribution >= 0.6 is 0 Å². The number of carbonyl (C=O) groups excluding carboxylic acids is 2. The van der Waals surface area contributed by atoms with Crippen molar-refractivity contribution in [1.82, 2.24) is 15.1 Å². The van der Waals surface area contributed by atoms with E-state index in [1.165, 1.54) is 17.7 Å². The Hall–Kier alpha value is -2.96. The van der Waals surface area contributed by atoms with Gasteiger partial charge in [0.2, 0.25) is 5.91 Å². The van der Waals surface area contributed by atoms with Crippen LogP contribution in [0.5, 0.6) is 0 Å². The number of nitrogens with zero attached hydrogens (tertiary/aromatic N) is 2. The number of aromatic nitrogens is 2. The van der Waals surface area contributed by atoms with Crippen LogP contribution in [-0.2, 0) is 11.3 Å². The molecule has 1 saturated carbocycles. The number of hydrogen-bond donors (Lipinski definition) is 2. The molecule has 2 aromatic rings. The molecule has 1 heterocycles. The number of rotatable bonds is 6. The minimum absolute atomic E-state index is 0.163. The van der Waals surface area contributed by atoms with Crippen LogP contribution in [0.25, 0.3) is 0 Å². The molecule has 3 rings (SSSR count). The van der Waals surface area contributed by atoms with Crippen LogP contribution in [0.3, 0.4) is 0 Å². The molecule has 0 radical (unpaired) electrons. The molecular weight excluding hydrogens is 320 g/mol. The average Bonchev–Trinajstić information content (AvgIpc) is 3.41. The van der Waals surface area contributed by atoms with Gasteiger partial charge in [0.1, 0.15) is 0 Å². The van der Waals surface area contributed by atoms with Crippen LogP contribution < -0.4 is 16.2 Å². The third kappa shape index (κ3) is 4.53. The highest BCUT2D eigenvalue weighted by Gasteiger charge is 2.25. The highest BCUT2D eigenvalue weighted by atomic mass is 16.2. The lowest BCUT2D eigenvalue weighted by molar-refractivity contribution is -0.114. The van der Waals surface area contributed by atoms with E-state index >= 15 is 0 Å². The number of carbonyl (C=O) groups is 2. The van der Waals surface area contributed by atoms with Gasteiger partial charge in [-0.2, -0.15) is 5.10 Å². The quantitative estimate of drug-likeness (QED) is 0.833.